The Hall–Kier alpha value is -7.51. The fourth-order valence-electron chi connectivity index (χ4n) is 8.99. The van der Waals surface area contributed by atoms with Crippen LogP contribution in [0.15, 0.2) is 158 Å². The number of para-hydroxylation sites is 1. The van der Waals surface area contributed by atoms with E-state index in [1.54, 1.807) is 42.5 Å². The van der Waals surface area contributed by atoms with Gasteiger partial charge in [-0.05, 0) is 80.5 Å². The van der Waals surface area contributed by atoms with Crippen molar-refractivity contribution in [3.05, 3.63) is 236 Å². The van der Waals surface area contributed by atoms with Crippen LogP contribution < -0.4 is 18.9 Å². The van der Waals surface area contributed by atoms with E-state index in [9.17, 15) is 14.4 Å². The Kier molecular flexibility index (Phi) is 14.4. The summed E-state index contributed by atoms with van der Waals surface area (Å²) in [5.74, 6) is 0.406. The van der Waals surface area contributed by atoms with Crippen LogP contribution in [-0.2, 0) is 41.9 Å². The molecule has 0 atom stereocenters. The molecule has 8 bridgehead atoms. The van der Waals surface area contributed by atoms with Gasteiger partial charge >= 0.3 is 17.9 Å². The van der Waals surface area contributed by atoms with E-state index in [0.29, 0.717) is 52.5 Å². The third-order valence-electron chi connectivity index (χ3n) is 13.0. The second kappa shape index (κ2) is 20.4. The summed E-state index contributed by atoms with van der Waals surface area (Å²) < 4.78 is 26.7. The molecule has 362 valence electrons. The maximum atomic E-state index is 14.5. The normalized spacial score (nSPS) is 12.6. The Labute approximate surface area is 419 Å². The van der Waals surface area contributed by atoms with Crippen LogP contribution in [0, 0.1) is 0 Å². The van der Waals surface area contributed by atoms with Crippen LogP contribution in [0.4, 0.5) is 0 Å². The molecule has 0 fully saturated rings. The molecule has 0 N–H and O–H groups in total. The lowest BCUT2D eigenvalue weighted by Crippen LogP contribution is -2.19. The number of hydrogen-bond donors (Lipinski definition) is 0. The van der Waals surface area contributed by atoms with E-state index in [2.05, 4.69) is 105 Å². The van der Waals surface area contributed by atoms with Gasteiger partial charge in [-0.1, -0.05) is 184 Å². The molecule has 0 spiro atoms. The van der Waals surface area contributed by atoms with Crippen molar-refractivity contribution in [2.24, 2.45) is 0 Å². The van der Waals surface area contributed by atoms with Crippen molar-refractivity contribution in [3.8, 4) is 23.0 Å². The van der Waals surface area contributed by atoms with Gasteiger partial charge in [0.15, 0.2) is 0 Å². The lowest BCUT2D eigenvalue weighted by atomic mass is 9.80. The summed E-state index contributed by atoms with van der Waals surface area (Å²) in [6, 6.07) is 45.9. The molecule has 7 aromatic rings. The van der Waals surface area contributed by atoms with Crippen molar-refractivity contribution < 1.29 is 33.3 Å². The van der Waals surface area contributed by atoms with Gasteiger partial charge in [0.05, 0.1) is 16.7 Å². The maximum absolute atomic E-state index is 14.5. The second-order valence-corrected chi connectivity index (χ2v) is 21.6. The highest BCUT2D eigenvalue weighted by molar-refractivity contribution is 5.93. The molecule has 7 heteroatoms. The molecular weight excluding hydrogens is 881 g/mol. The van der Waals surface area contributed by atoms with Gasteiger partial charge in [-0.2, -0.15) is 0 Å². The van der Waals surface area contributed by atoms with E-state index in [0.717, 1.165) is 61.2 Å². The zero-order valence-corrected chi connectivity index (χ0v) is 42.5. The first kappa shape index (κ1) is 49.9. The average Bonchev–Trinajstić information content (AvgIpc) is 3.33. The van der Waals surface area contributed by atoms with Gasteiger partial charge in [0.2, 0.25) is 0 Å². The van der Waals surface area contributed by atoms with Gasteiger partial charge in [0.25, 0.3) is 0 Å². The molecule has 1 aliphatic carbocycles. The van der Waals surface area contributed by atoms with Gasteiger partial charge in [-0.25, -0.2) is 14.4 Å². The zero-order valence-electron chi connectivity index (χ0n) is 42.5. The van der Waals surface area contributed by atoms with E-state index in [1.807, 2.05) is 72.8 Å². The maximum Gasteiger partial charge on any atom is 0.343 e. The lowest BCUT2D eigenvalue weighted by molar-refractivity contribution is 0.0722. The van der Waals surface area contributed by atoms with E-state index in [-0.39, 0.29) is 35.7 Å². The van der Waals surface area contributed by atoms with Crippen LogP contribution in [0.2, 0.25) is 0 Å². The van der Waals surface area contributed by atoms with Gasteiger partial charge in [0, 0.05) is 59.1 Å². The monoisotopic (exact) mass is 944 g/mol. The summed E-state index contributed by atoms with van der Waals surface area (Å²) in [5.41, 5.74) is 9.56. The smallest absolute Gasteiger partial charge is 0.343 e. The molecule has 1 aliphatic rings. The van der Waals surface area contributed by atoms with E-state index in [4.69, 9.17) is 18.9 Å². The number of carbonyl (C=O) groups excluding carboxylic acids is 3. The first-order chi connectivity index (χ1) is 33.8. The average molecular weight is 945 g/mol. The van der Waals surface area contributed by atoms with E-state index in [1.165, 1.54) is 0 Å². The minimum atomic E-state index is -0.517. The summed E-state index contributed by atoms with van der Waals surface area (Å²) in [6.07, 6.45) is 2.85. The highest BCUT2D eigenvalue weighted by atomic mass is 16.5. The van der Waals surface area contributed by atoms with Gasteiger partial charge in [0.1, 0.15) is 29.6 Å². The number of ether oxygens (including phenoxy) is 4. The molecule has 0 aliphatic heterocycles. The van der Waals surface area contributed by atoms with Crippen molar-refractivity contribution in [2.75, 3.05) is 6.61 Å². The van der Waals surface area contributed by atoms with Crippen molar-refractivity contribution in [1.29, 1.82) is 0 Å². The number of benzene rings is 7. The number of carbonyl (C=O) groups is 3. The van der Waals surface area contributed by atoms with Crippen molar-refractivity contribution in [2.45, 2.75) is 104 Å². The summed E-state index contributed by atoms with van der Waals surface area (Å²) in [7, 11) is 0. The fraction of sp³-hybridized carbons (Fsp3) is 0.266. The zero-order chi connectivity index (χ0) is 50.7. The summed E-state index contributed by atoms with van der Waals surface area (Å²) in [4.78, 5) is 43.2. The highest BCUT2D eigenvalue weighted by Crippen LogP contribution is 2.44. The van der Waals surface area contributed by atoms with Crippen LogP contribution in [0.1, 0.15) is 155 Å². The van der Waals surface area contributed by atoms with Crippen molar-refractivity contribution in [1.82, 2.24) is 0 Å². The Balaban J connectivity index is 1.49. The van der Waals surface area contributed by atoms with Crippen LogP contribution in [0.25, 0.3) is 0 Å². The van der Waals surface area contributed by atoms with Crippen molar-refractivity contribution in [3.63, 3.8) is 0 Å². The van der Waals surface area contributed by atoms with Gasteiger partial charge < -0.3 is 18.9 Å². The predicted molar refractivity (Wildman–Crippen MR) is 283 cm³/mol. The summed E-state index contributed by atoms with van der Waals surface area (Å²) in [5, 5.41) is 0. The molecule has 7 aromatic carbocycles. The standard InChI is InChI=1S/C64H64O7/c1-11-30-68-55-44-28-21-29-45(55)32-47-36-53(63(5,6)7)38-49(57(47)70-60(66)42-24-17-13-18-25-42)34-51-40-54(64(8,9)10)39-50(58(51)71-61(67)43-26-19-14-20-27-43)33-48-37-52(62(2,3)4)35-46(31-44)56(48)69-59(65)41-22-15-12-16-23-41/h11-29,35-40H,1,30-34H2,2-10H3. The minimum absolute atomic E-state index is 0.228. The highest BCUT2D eigenvalue weighted by Gasteiger charge is 2.30. The largest absolute Gasteiger partial charge is 0.489 e. The van der Waals surface area contributed by atoms with Crippen LogP contribution >= 0.6 is 0 Å². The van der Waals surface area contributed by atoms with Crippen LogP contribution in [-0.4, -0.2) is 24.5 Å². The number of esters is 3. The molecule has 0 saturated carbocycles. The molecule has 0 heterocycles. The molecule has 0 saturated heterocycles. The van der Waals surface area contributed by atoms with Gasteiger partial charge in [-0.3, -0.25) is 0 Å². The molecule has 71 heavy (non-hydrogen) atoms. The molecule has 7 nitrogen and oxygen atoms in total. The molecule has 0 aromatic heterocycles. The lowest BCUT2D eigenvalue weighted by Gasteiger charge is -2.28. The SMILES string of the molecule is C=CCOc1c2cccc1Cc1cc(C(C)(C)C)cc(c1OC(=O)c1ccccc1)Cc1cc(C(C)(C)C)cc(c1OC(=O)c1ccccc1)Cc1cc(C(C)(C)C)cc(c1OC(=O)c1ccccc1)C2. The Morgan fingerprint density at radius 1 is 0.394 bits per heavy atom. The minimum Gasteiger partial charge on any atom is -0.489 e. The van der Waals surface area contributed by atoms with Crippen LogP contribution in [0.5, 0.6) is 23.0 Å². The Bertz CT molecular complexity index is 2940. The second-order valence-electron chi connectivity index (χ2n) is 21.6. The van der Waals surface area contributed by atoms with Crippen LogP contribution in [0.3, 0.4) is 0 Å². The number of fused-ring (bicyclic) bond motifs is 8. The first-order valence-corrected chi connectivity index (χ1v) is 24.4. The molecule has 8 rings (SSSR count). The first-order valence-electron chi connectivity index (χ1n) is 24.4. The summed E-state index contributed by atoms with van der Waals surface area (Å²) in [6.45, 7) is 23.7. The Morgan fingerprint density at radius 2 is 0.662 bits per heavy atom. The third kappa shape index (κ3) is 11.6. The van der Waals surface area contributed by atoms with Gasteiger partial charge in [-0.15, -0.1) is 0 Å². The quantitative estimate of drug-likeness (QED) is 0.0809. The number of hydrogen-bond acceptors (Lipinski definition) is 7. The third-order valence-corrected chi connectivity index (χ3v) is 13.0. The van der Waals surface area contributed by atoms with Crippen molar-refractivity contribution >= 4 is 17.9 Å². The number of rotatable bonds is 9. The topological polar surface area (TPSA) is 88.1 Å². The van der Waals surface area contributed by atoms with E-state index >= 15 is 0 Å². The fourth-order valence-corrected chi connectivity index (χ4v) is 8.99. The molecular formula is C64H64O7. The Morgan fingerprint density at radius 3 is 0.915 bits per heavy atom. The molecule has 0 radical (unpaired) electrons. The summed E-state index contributed by atoms with van der Waals surface area (Å²) >= 11 is 0. The van der Waals surface area contributed by atoms with E-state index < -0.39 is 17.9 Å². The molecule has 0 amide bonds. The predicted octanol–water partition coefficient (Wildman–Crippen LogP) is 14.5. The molecule has 0 unspecified atom stereocenters.